The molecule has 0 aliphatic heterocycles. The summed E-state index contributed by atoms with van der Waals surface area (Å²) in [5, 5.41) is 0. The van der Waals surface area contributed by atoms with Crippen molar-refractivity contribution in [1.29, 1.82) is 0 Å². The molecular weight excluding hydrogens is 136 g/mol. The lowest BCUT2D eigenvalue weighted by Crippen LogP contribution is -2.09. The number of esters is 1. The van der Waals surface area contributed by atoms with Crippen molar-refractivity contribution < 1.29 is 19.1 Å². The fourth-order valence-electron chi connectivity index (χ4n) is 0.366. The van der Waals surface area contributed by atoms with Gasteiger partial charge in [0, 0.05) is 7.11 Å². The first-order valence-corrected chi connectivity index (χ1v) is 2.89. The average molecular weight is 146 g/mol. The zero-order valence-electron chi connectivity index (χ0n) is 5.83. The number of carbonyl (C=O) groups excluding carboxylic acids is 2. The molecule has 0 radical (unpaired) electrons. The summed E-state index contributed by atoms with van der Waals surface area (Å²) in [7, 11) is 1.51. The van der Waals surface area contributed by atoms with E-state index in [2.05, 4.69) is 9.47 Å². The molecule has 0 N–H and O–H groups in total. The quantitative estimate of drug-likeness (QED) is 0.232. The van der Waals surface area contributed by atoms with Gasteiger partial charge in [-0.15, -0.1) is 0 Å². The Bertz CT molecular complexity index is 110. The van der Waals surface area contributed by atoms with Gasteiger partial charge >= 0.3 is 5.97 Å². The van der Waals surface area contributed by atoms with E-state index in [9.17, 15) is 9.59 Å². The summed E-state index contributed by atoms with van der Waals surface area (Å²) in [6.07, 6.45) is 0.332. The molecule has 10 heavy (non-hydrogen) atoms. The van der Waals surface area contributed by atoms with Crippen LogP contribution in [0.2, 0.25) is 0 Å². The zero-order valence-corrected chi connectivity index (χ0v) is 5.83. The second-order valence-corrected chi connectivity index (χ2v) is 1.58. The Balaban J connectivity index is 3.13. The van der Waals surface area contributed by atoms with Gasteiger partial charge in [-0.2, -0.15) is 0 Å². The van der Waals surface area contributed by atoms with E-state index in [0.717, 1.165) is 0 Å². The summed E-state index contributed by atoms with van der Waals surface area (Å²) in [4.78, 5) is 20.1. The van der Waals surface area contributed by atoms with Crippen molar-refractivity contribution >= 4 is 12.3 Å². The molecule has 0 atom stereocenters. The first-order valence-electron chi connectivity index (χ1n) is 2.89. The molecule has 0 fully saturated rings. The van der Waals surface area contributed by atoms with Crippen LogP contribution in [-0.2, 0) is 19.1 Å². The molecule has 0 amide bonds. The summed E-state index contributed by atoms with van der Waals surface area (Å²) < 4.78 is 9.13. The fraction of sp³-hybridized carbons (Fsp3) is 0.667. The summed E-state index contributed by atoms with van der Waals surface area (Å²) in [6, 6.07) is 0. The molecule has 0 aromatic rings. The van der Waals surface area contributed by atoms with Crippen molar-refractivity contribution in [3.05, 3.63) is 0 Å². The first kappa shape index (κ1) is 9.10. The minimum Gasteiger partial charge on any atom is -0.463 e. The lowest BCUT2D eigenvalue weighted by Gasteiger charge is -1.99. The third-order valence-electron chi connectivity index (χ3n) is 0.801. The second kappa shape index (κ2) is 6.22. The normalized spacial score (nSPS) is 8.90. The van der Waals surface area contributed by atoms with Gasteiger partial charge in [0.2, 0.25) is 0 Å². The van der Waals surface area contributed by atoms with E-state index in [-0.39, 0.29) is 13.0 Å². The molecule has 0 aliphatic rings. The van der Waals surface area contributed by atoms with Crippen LogP contribution >= 0.6 is 0 Å². The zero-order chi connectivity index (χ0) is 7.82. The van der Waals surface area contributed by atoms with E-state index >= 15 is 0 Å². The Morgan fingerprint density at radius 3 is 2.70 bits per heavy atom. The first-order chi connectivity index (χ1) is 4.81. The standard InChI is InChI=1S/C6H10O4/c1-9-4-5-10-6(8)2-3-7/h3H,2,4-5H2,1H3. The smallest absolute Gasteiger partial charge is 0.313 e. The Morgan fingerprint density at radius 2 is 2.20 bits per heavy atom. The van der Waals surface area contributed by atoms with Crippen molar-refractivity contribution in [2.24, 2.45) is 0 Å². The molecule has 0 unspecified atom stereocenters. The molecule has 0 aromatic carbocycles. The second-order valence-electron chi connectivity index (χ2n) is 1.58. The number of hydrogen-bond donors (Lipinski definition) is 0. The van der Waals surface area contributed by atoms with Crippen LogP contribution in [0, 0.1) is 0 Å². The molecule has 0 spiro atoms. The molecule has 58 valence electrons. The minimum absolute atomic E-state index is 0.177. The number of ether oxygens (including phenoxy) is 2. The van der Waals surface area contributed by atoms with Gasteiger partial charge in [-0.1, -0.05) is 0 Å². The highest BCUT2D eigenvalue weighted by Crippen LogP contribution is 1.81. The van der Waals surface area contributed by atoms with Crippen LogP contribution in [0.3, 0.4) is 0 Å². The molecule has 0 bridgehead atoms. The van der Waals surface area contributed by atoms with Gasteiger partial charge in [-0.3, -0.25) is 4.79 Å². The molecule has 0 aliphatic carbocycles. The SMILES string of the molecule is COCCOC(=O)CC=O. The van der Waals surface area contributed by atoms with Gasteiger partial charge in [-0.05, 0) is 0 Å². The Labute approximate surface area is 59.1 Å². The Kier molecular flexibility index (Phi) is 5.66. The summed E-state index contributed by atoms with van der Waals surface area (Å²) >= 11 is 0. The maximum atomic E-state index is 10.4. The van der Waals surface area contributed by atoms with Crippen LogP contribution in [0.1, 0.15) is 6.42 Å². The number of methoxy groups -OCH3 is 1. The largest absolute Gasteiger partial charge is 0.463 e. The summed E-state index contributed by atoms with van der Waals surface area (Å²) in [6.45, 7) is 0.577. The van der Waals surface area contributed by atoms with Crippen LogP contribution in [0.15, 0.2) is 0 Å². The van der Waals surface area contributed by atoms with Crippen LogP contribution in [0.4, 0.5) is 0 Å². The predicted molar refractivity (Wildman–Crippen MR) is 33.5 cm³/mol. The van der Waals surface area contributed by atoms with Gasteiger partial charge in [0.1, 0.15) is 19.3 Å². The van der Waals surface area contributed by atoms with Crippen molar-refractivity contribution in [3.8, 4) is 0 Å². The molecule has 0 heterocycles. The molecule has 0 aromatic heterocycles. The van der Waals surface area contributed by atoms with E-state index in [0.29, 0.717) is 12.9 Å². The molecule has 0 saturated carbocycles. The van der Waals surface area contributed by atoms with E-state index in [4.69, 9.17) is 0 Å². The maximum absolute atomic E-state index is 10.4. The lowest BCUT2D eigenvalue weighted by molar-refractivity contribution is -0.145. The number of hydrogen-bond acceptors (Lipinski definition) is 4. The van der Waals surface area contributed by atoms with Crippen LogP contribution in [0.5, 0.6) is 0 Å². The van der Waals surface area contributed by atoms with Crippen molar-refractivity contribution in [3.63, 3.8) is 0 Å². The molecular formula is C6H10O4. The summed E-state index contributed by atoms with van der Waals surface area (Å²) in [5.74, 6) is -0.507. The van der Waals surface area contributed by atoms with Gasteiger partial charge in [0.25, 0.3) is 0 Å². The van der Waals surface area contributed by atoms with Crippen LogP contribution in [-0.4, -0.2) is 32.6 Å². The monoisotopic (exact) mass is 146 g/mol. The third-order valence-corrected chi connectivity index (χ3v) is 0.801. The van der Waals surface area contributed by atoms with Gasteiger partial charge in [0.15, 0.2) is 0 Å². The Morgan fingerprint density at radius 1 is 1.50 bits per heavy atom. The van der Waals surface area contributed by atoms with E-state index in [1.807, 2.05) is 0 Å². The van der Waals surface area contributed by atoms with Crippen LogP contribution < -0.4 is 0 Å². The van der Waals surface area contributed by atoms with Gasteiger partial charge in [0.05, 0.1) is 6.61 Å². The van der Waals surface area contributed by atoms with E-state index in [1.165, 1.54) is 7.11 Å². The molecule has 0 saturated heterocycles. The van der Waals surface area contributed by atoms with E-state index in [1.54, 1.807) is 0 Å². The van der Waals surface area contributed by atoms with Gasteiger partial charge < -0.3 is 14.3 Å². The highest BCUT2D eigenvalue weighted by Gasteiger charge is 1.98. The predicted octanol–water partition coefficient (Wildman–Crippen LogP) is -0.235. The number of rotatable bonds is 5. The average Bonchev–Trinajstić information content (AvgIpc) is 1.89. The van der Waals surface area contributed by atoms with Crippen molar-refractivity contribution in [1.82, 2.24) is 0 Å². The lowest BCUT2D eigenvalue weighted by atomic mass is 10.5. The summed E-state index contributed by atoms with van der Waals surface area (Å²) in [5.41, 5.74) is 0. The highest BCUT2D eigenvalue weighted by molar-refractivity contribution is 5.83. The molecule has 4 nitrogen and oxygen atoms in total. The molecule has 0 rings (SSSR count). The number of aldehydes is 1. The topological polar surface area (TPSA) is 52.6 Å². The maximum Gasteiger partial charge on any atom is 0.313 e. The number of carbonyl (C=O) groups is 2. The highest BCUT2D eigenvalue weighted by atomic mass is 16.6. The molecule has 4 heteroatoms. The van der Waals surface area contributed by atoms with Crippen LogP contribution in [0.25, 0.3) is 0 Å². The minimum atomic E-state index is -0.507. The van der Waals surface area contributed by atoms with Crippen molar-refractivity contribution in [2.75, 3.05) is 20.3 Å². The Hall–Kier alpha value is -0.900. The van der Waals surface area contributed by atoms with E-state index < -0.39 is 5.97 Å². The fourth-order valence-corrected chi connectivity index (χ4v) is 0.366. The third kappa shape index (κ3) is 5.24. The van der Waals surface area contributed by atoms with Gasteiger partial charge in [-0.25, -0.2) is 0 Å². The van der Waals surface area contributed by atoms with Crippen molar-refractivity contribution in [2.45, 2.75) is 6.42 Å².